The van der Waals surface area contributed by atoms with Crippen molar-refractivity contribution < 1.29 is 4.79 Å². The molecule has 94 valence electrons. The van der Waals surface area contributed by atoms with Crippen molar-refractivity contribution in [2.75, 3.05) is 18.1 Å². The molecule has 2 N–H and O–H groups in total. The van der Waals surface area contributed by atoms with Crippen LogP contribution in [0.3, 0.4) is 0 Å². The summed E-state index contributed by atoms with van der Waals surface area (Å²) in [5.74, 6) is 2.26. The van der Waals surface area contributed by atoms with Gasteiger partial charge < -0.3 is 10.6 Å². The lowest BCUT2D eigenvalue weighted by atomic mass is 9.74. The first-order chi connectivity index (χ1) is 7.18. The summed E-state index contributed by atoms with van der Waals surface area (Å²) >= 11 is 1.92. The third-order valence-corrected chi connectivity index (χ3v) is 4.96. The molecule has 0 spiro atoms. The first-order valence-corrected chi connectivity index (χ1v) is 7.01. The van der Waals surface area contributed by atoms with Crippen LogP contribution in [0.15, 0.2) is 0 Å². The van der Waals surface area contributed by atoms with E-state index in [4.69, 9.17) is 5.73 Å². The highest BCUT2D eigenvalue weighted by Crippen LogP contribution is 2.32. The van der Waals surface area contributed by atoms with Gasteiger partial charge in [-0.05, 0) is 34.6 Å². The molecule has 1 heterocycles. The van der Waals surface area contributed by atoms with Crippen molar-refractivity contribution in [3.05, 3.63) is 0 Å². The predicted octanol–water partition coefficient (Wildman–Crippen LogP) is 1.71. The van der Waals surface area contributed by atoms with Crippen LogP contribution in [-0.2, 0) is 4.79 Å². The monoisotopic (exact) mass is 244 g/mol. The highest BCUT2D eigenvalue weighted by Gasteiger charge is 2.44. The number of rotatable bonds is 2. The van der Waals surface area contributed by atoms with Crippen LogP contribution in [0.25, 0.3) is 0 Å². The Balaban J connectivity index is 2.84. The number of hydrogen-bond acceptors (Lipinski definition) is 3. The number of nitrogens with two attached hydrogens (primary N) is 1. The van der Waals surface area contributed by atoms with Gasteiger partial charge in [0, 0.05) is 29.6 Å². The van der Waals surface area contributed by atoms with E-state index in [1.807, 2.05) is 44.4 Å². The van der Waals surface area contributed by atoms with Crippen molar-refractivity contribution >= 4 is 17.7 Å². The first kappa shape index (κ1) is 13.8. The Hall–Kier alpha value is -0.220. The average Bonchev–Trinajstić information content (AvgIpc) is 2.15. The van der Waals surface area contributed by atoms with Gasteiger partial charge in [0.25, 0.3) is 0 Å². The second kappa shape index (κ2) is 4.57. The quantitative estimate of drug-likeness (QED) is 0.804. The van der Waals surface area contributed by atoms with Crippen LogP contribution in [0, 0.1) is 5.41 Å². The van der Waals surface area contributed by atoms with E-state index >= 15 is 0 Å². The maximum atomic E-state index is 12.5. The van der Waals surface area contributed by atoms with E-state index < -0.39 is 11.0 Å². The molecular formula is C12H24N2OS. The number of amides is 1. The van der Waals surface area contributed by atoms with Gasteiger partial charge in [0.05, 0.1) is 5.41 Å². The molecule has 1 unspecified atom stereocenters. The summed E-state index contributed by atoms with van der Waals surface area (Å²) < 4.78 is 0. The molecular weight excluding hydrogens is 220 g/mol. The molecule has 1 atom stereocenters. The summed E-state index contributed by atoms with van der Waals surface area (Å²) in [5.41, 5.74) is 5.11. The van der Waals surface area contributed by atoms with Crippen LogP contribution in [-0.4, -0.2) is 40.4 Å². The van der Waals surface area contributed by atoms with Crippen molar-refractivity contribution in [1.29, 1.82) is 0 Å². The average molecular weight is 244 g/mol. The fraction of sp³-hybridized carbons (Fsp3) is 0.917. The Morgan fingerprint density at radius 3 is 2.38 bits per heavy atom. The maximum Gasteiger partial charge on any atom is 0.230 e. The minimum absolute atomic E-state index is 0.188. The Kier molecular flexibility index (Phi) is 3.95. The van der Waals surface area contributed by atoms with Crippen LogP contribution in [0.5, 0.6) is 0 Å². The van der Waals surface area contributed by atoms with Gasteiger partial charge in [-0.1, -0.05) is 0 Å². The summed E-state index contributed by atoms with van der Waals surface area (Å²) in [5, 5.41) is 0. The van der Waals surface area contributed by atoms with E-state index in [9.17, 15) is 4.79 Å². The second-order valence-electron chi connectivity index (χ2n) is 5.77. The summed E-state index contributed by atoms with van der Waals surface area (Å²) in [6.07, 6.45) is 0. The van der Waals surface area contributed by atoms with Crippen molar-refractivity contribution in [3.8, 4) is 0 Å². The topological polar surface area (TPSA) is 46.3 Å². The molecule has 1 amide bonds. The molecule has 0 radical (unpaired) electrons. The molecule has 4 heteroatoms. The molecule has 3 nitrogen and oxygen atoms in total. The van der Waals surface area contributed by atoms with E-state index in [2.05, 4.69) is 6.92 Å². The van der Waals surface area contributed by atoms with Crippen molar-refractivity contribution in [3.63, 3.8) is 0 Å². The van der Waals surface area contributed by atoms with Crippen LogP contribution >= 0.6 is 11.8 Å². The molecule has 0 aromatic rings. The lowest BCUT2D eigenvalue weighted by molar-refractivity contribution is -0.145. The minimum Gasteiger partial charge on any atom is -0.338 e. The van der Waals surface area contributed by atoms with Gasteiger partial charge in [-0.3, -0.25) is 4.79 Å². The zero-order valence-corrected chi connectivity index (χ0v) is 11.9. The Labute approximate surface area is 103 Å². The van der Waals surface area contributed by atoms with Gasteiger partial charge in [-0.25, -0.2) is 0 Å². The van der Waals surface area contributed by atoms with Crippen LogP contribution in [0.4, 0.5) is 0 Å². The van der Waals surface area contributed by atoms with E-state index in [-0.39, 0.29) is 5.91 Å². The second-order valence-corrected chi connectivity index (χ2v) is 6.92. The fourth-order valence-electron chi connectivity index (χ4n) is 1.66. The molecule has 0 aromatic carbocycles. The van der Waals surface area contributed by atoms with Crippen LogP contribution < -0.4 is 5.73 Å². The first-order valence-electron chi connectivity index (χ1n) is 5.85. The van der Waals surface area contributed by atoms with Crippen molar-refractivity contribution in [1.82, 2.24) is 4.90 Å². The Morgan fingerprint density at radius 1 is 1.38 bits per heavy atom. The maximum absolute atomic E-state index is 12.5. The normalized spacial score (nSPS) is 23.4. The molecule has 0 aliphatic carbocycles. The summed E-state index contributed by atoms with van der Waals surface area (Å²) in [4.78, 5) is 14.5. The molecule has 1 saturated heterocycles. The summed E-state index contributed by atoms with van der Waals surface area (Å²) in [7, 11) is 0. The smallest absolute Gasteiger partial charge is 0.230 e. The van der Waals surface area contributed by atoms with Gasteiger partial charge in [-0.2, -0.15) is 11.8 Å². The standard InChI is InChI=1S/C12H24N2OS/c1-9-8-16-7-6-14(9)10(15)11(2,3)12(4,5)13/h9H,6-8,13H2,1-5H3. The molecule has 0 saturated carbocycles. The zero-order valence-electron chi connectivity index (χ0n) is 11.0. The lowest BCUT2D eigenvalue weighted by Gasteiger charge is -2.44. The highest BCUT2D eigenvalue weighted by atomic mass is 32.2. The van der Waals surface area contributed by atoms with Crippen LogP contribution in [0.1, 0.15) is 34.6 Å². The number of thioether (sulfide) groups is 1. The van der Waals surface area contributed by atoms with Gasteiger partial charge in [0.1, 0.15) is 0 Å². The van der Waals surface area contributed by atoms with Gasteiger partial charge >= 0.3 is 0 Å². The largest absolute Gasteiger partial charge is 0.338 e. The molecule has 0 bridgehead atoms. The third-order valence-electron chi connectivity index (χ3n) is 3.77. The van der Waals surface area contributed by atoms with Crippen LogP contribution in [0.2, 0.25) is 0 Å². The molecule has 1 aliphatic rings. The molecule has 0 aromatic heterocycles. The lowest BCUT2D eigenvalue weighted by Crippen LogP contribution is -2.59. The fourth-order valence-corrected chi connectivity index (χ4v) is 2.68. The molecule has 16 heavy (non-hydrogen) atoms. The number of nitrogens with zero attached hydrogens (tertiary/aromatic N) is 1. The van der Waals surface area contributed by atoms with E-state index in [1.54, 1.807) is 0 Å². The highest BCUT2D eigenvalue weighted by molar-refractivity contribution is 7.99. The van der Waals surface area contributed by atoms with Gasteiger partial charge in [-0.15, -0.1) is 0 Å². The Morgan fingerprint density at radius 2 is 1.94 bits per heavy atom. The van der Waals surface area contributed by atoms with E-state index in [1.165, 1.54) is 0 Å². The Bertz CT molecular complexity index is 271. The molecule has 1 aliphatic heterocycles. The number of carbonyl (C=O) groups excluding carboxylic acids is 1. The number of hydrogen-bond donors (Lipinski definition) is 1. The van der Waals surface area contributed by atoms with E-state index in [0.29, 0.717) is 6.04 Å². The van der Waals surface area contributed by atoms with Gasteiger partial charge in [0.2, 0.25) is 5.91 Å². The number of carbonyl (C=O) groups is 1. The predicted molar refractivity (Wildman–Crippen MR) is 70.5 cm³/mol. The minimum atomic E-state index is -0.511. The zero-order chi connectivity index (χ0) is 12.6. The SMILES string of the molecule is CC1CSCCN1C(=O)C(C)(C)C(C)(C)N. The third kappa shape index (κ3) is 2.54. The molecule has 1 rings (SSSR count). The summed E-state index contributed by atoms with van der Waals surface area (Å²) in [6, 6.07) is 0.327. The summed E-state index contributed by atoms with van der Waals surface area (Å²) in [6.45, 7) is 10.7. The van der Waals surface area contributed by atoms with Crippen molar-refractivity contribution in [2.24, 2.45) is 11.1 Å². The van der Waals surface area contributed by atoms with E-state index in [0.717, 1.165) is 18.1 Å². The molecule has 1 fully saturated rings. The van der Waals surface area contributed by atoms with Crippen molar-refractivity contribution in [2.45, 2.75) is 46.2 Å². The van der Waals surface area contributed by atoms with Gasteiger partial charge in [0.15, 0.2) is 0 Å².